The van der Waals surface area contributed by atoms with E-state index in [0.717, 1.165) is 30.5 Å². The summed E-state index contributed by atoms with van der Waals surface area (Å²) in [5.74, 6) is 2.60. The highest BCUT2D eigenvalue weighted by molar-refractivity contribution is 5.43. The summed E-state index contributed by atoms with van der Waals surface area (Å²) in [5, 5.41) is 6.92. The molecule has 0 aromatic heterocycles. The highest BCUT2D eigenvalue weighted by Gasteiger charge is 2.14. The second-order valence-electron chi connectivity index (χ2n) is 5.30. The van der Waals surface area contributed by atoms with Crippen LogP contribution in [0.15, 0.2) is 18.2 Å². The van der Waals surface area contributed by atoms with Crippen molar-refractivity contribution in [2.24, 2.45) is 5.92 Å². The molecule has 1 aromatic rings. The van der Waals surface area contributed by atoms with E-state index in [0.29, 0.717) is 13.2 Å². The minimum absolute atomic E-state index is 0.651. The lowest BCUT2D eigenvalue weighted by Gasteiger charge is -2.19. The van der Waals surface area contributed by atoms with Crippen LogP contribution in [0.4, 0.5) is 0 Å². The van der Waals surface area contributed by atoms with Crippen molar-refractivity contribution < 1.29 is 9.47 Å². The van der Waals surface area contributed by atoms with Gasteiger partial charge in [-0.05, 0) is 56.1 Å². The van der Waals surface area contributed by atoms with Gasteiger partial charge >= 0.3 is 0 Å². The molecule has 0 saturated carbocycles. The van der Waals surface area contributed by atoms with E-state index in [1.165, 1.54) is 31.5 Å². The maximum Gasteiger partial charge on any atom is 0.161 e. The highest BCUT2D eigenvalue weighted by atomic mass is 16.6. The molecular formula is C15H22N2O2. The van der Waals surface area contributed by atoms with Gasteiger partial charge in [-0.15, -0.1) is 0 Å². The minimum Gasteiger partial charge on any atom is -0.486 e. The SMILES string of the molecule is c1cc2c(cc1CNCCC1CCNC1)OCCO2. The van der Waals surface area contributed by atoms with Crippen LogP contribution >= 0.6 is 0 Å². The second-order valence-corrected chi connectivity index (χ2v) is 5.30. The average Bonchev–Trinajstić information content (AvgIpc) is 2.97. The third kappa shape index (κ3) is 3.39. The van der Waals surface area contributed by atoms with Crippen molar-refractivity contribution in [3.05, 3.63) is 23.8 Å². The summed E-state index contributed by atoms with van der Waals surface area (Å²) in [7, 11) is 0. The Bertz CT molecular complexity index is 417. The van der Waals surface area contributed by atoms with Crippen LogP contribution in [-0.4, -0.2) is 32.8 Å². The molecule has 2 aliphatic rings. The lowest BCUT2D eigenvalue weighted by atomic mass is 10.1. The van der Waals surface area contributed by atoms with Gasteiger partial charge < -0.3 is 20.1 Å². The molecule has 1 atom stereocenters. The third-order valence-corrected chi connectivity index (χ3v) is 3.83. The van der Waals surface area contributed by atoms with E-state index >= 15 is 0 Å². The molecule has 4 nitrogen and oxygen atoms in total. The molecule has 3 rings (SSSR count). The van der Waals surface area contributed by atoms with Gasteiger partial charge in [0.2, 0.25) is 0 Å². The van der Waals surface area contributed by atoms with Crippen molar-refractivity contribution >= 4 is 0 Å². The molecule has 1 aromatic carbocycles. The molecule has 0 amide bonds. The van der Waals surface area contributed by atoms with Gasteiger partial charge in [0, 0.05) is 6.54 Å². The standard InChI is InChI=1S/C15H22N2O2/c1-2-14-15(19-8-7-18-14)9-13(1)11-17-6-4-12-3-5-16-10-12/h1-2,9,12,16-17H,3-8,10-11H2. The van der Waals surface area contributed by atoms with E-state index in [1.54, 1.807) is 0 Å². The molecule has 0 spiro atoms. The van der Waals surface area contributed by atoms with E-state index in [9.17, 15) is 0 Å². The molecule has 0 bridgehead atoms. The summed E-state index contributed by atoms with van der Waals surface area (Å²) in [6.07, 6.45) is 2.59. The van der Waals surface area contributed by atoms with Gasteiger partial charge in [0.25, 0.3) is 0 Å². The summed E-state index contributed by atoms with van der Waals surface area (Å²) in [6, 6.07) is 6.20. The van der Waals surface area contributed by atoms with Crippen LogP contribution in [0.3, 0.4) is 0 Å². The number of nitrogens with one attached hydrogen (secondary N) is 2. The molecule has 19 heavy (non-hydrogen) atoms. The largest absolute Gasteiger partial charge is 0.486 e. The van der Waals surface area contributed by atoms with E-state index in [4.69, 9.17) is 9.47 Å². The lowest BCUT2D eigenvalue weighted by molar-refractivity contribution is 0.171. The maximum absolute atomic E-state index is 5.59. The molecule has 1 fully saturated rings. The zero-order valence-corrected chi connectivity index (χ0v) is 11.3. The first kappa shape index (κ1) is 12.8. The fourth-order valence-electron chi connectivity index (χ4n) is 2.70. The fraction of sp³-hybridized carbons (Fsp3) is 0.600. The summed E-state index contributed by atoms with van der Waals surface area (Å²) in [6.45, 7) is 5.66. The first-order valence-electron chi connectivity index (χ1n) is 7.22. The molecule has 2 N–H and O–H groups in total. The van der Waals surface area contributed by atoms with Crippen molar-refractivity contribution in [1.82, 2.24) is 10.6 Å². The van der Waals surface area contributed by atoms with Crippen molar-refractivity contribution in [3.63, 3.8) is 0 Å². The van der Waals surface area contributed by atoms with Gasteiger partial charge in [0.15, 0.2) is 11.5 Å². The highest BCUT2D eigenvalue weighted by Crippen LogP contribution is 2.30. The van der Waals surface area contributed by atoms with Crippen LogP contribution in [0, 0.1) is 5.92 Å². The summed E-state index contributed by atoms with van der Waals surface area (Å²) < 4.78 is 11.1. The van der Waals surface area contributed by atoms with Crippen LogP contribution < -0.4 is 20.1 Å². The Labute approximate surface area is 114 Å². The summed E-state index contributed by atoms with van der Waals surface area (Å²) >= 11 is 0. The number of ether oxygens (including phenoxy) is 2. The Hall–Kier alpha value is -1.26. The lowest BCUT2D eigenvalue weighted by Crippen LogP contribution is -2.19. The van der Waals surface area contributed by atoms with E-state index in [-0.39, 0.29) is 0 Å². The van der Waals surface area contributed by atoms with E-state index < -0.39 is 0 Å². The van der Waals surface area contributed by atoms with Gasteiger partial charge in [-0.1, -0.05) is 6.07 Å². The number of fused-ring (bicyclic) bond motifs is 1. The Balaban J connectivity index is 1.44. The molecular weight excluding hydrogens is 240 g/mol. The van der Waals surface area contributed by atoms with Crippen molar-refractivity contribution in [3.8, 4) is 11.5 Å². The first-order valence-corrected chi connectivity index (χ1v) is 7.22. The molecule has 0 radical (unpaired) electrons. The van der Waals surface area contributed by atoms with Gasteiger partial charge in [0.05, 0.1) is 0 Å². The monoisotopic (exact) mass is 262 g/mol. The fourth-order valence-corrected chi connectivity index (χ4v) is 2.70. The van der Waals surface area contributed by atoms with E-state index in [2.05, 4.69) is 22.8 Å². The van der Waals surface area contributed by atoms with Crippen molar-refractivity contribution in [2.45, 2.75) is 19.4 Å². The topological polar surface area (TPSA) is 42.5 Å². The Morgan fingerprint density at radius 2 is 2.11 bits per heavy atom. The average molecular weight is 262 g/mol. The first-order chi connectivity index (χ1) is 9.42. The van der Waals surface area contributed by atoms with Crippen molar-refractivity contribution in [1.29, 1.82) is 0 Å². The molecule has 0 aliphatic carbocycles. The number of rotatable bonds is 5. The number of benzene rings is 1. The number of hydrogen-bond donors (Lipinski definition) is 2. The number of hydrogen-bond acceptors (Lipinski definition) is 4. The normalized spacial score (nSPS) is 21.6. The van der Waals surface area contributed by atoms with Gasteiger partial charge in [-0.2, -0.15) is 0 Å². The summed E-state index contributed by atoms with van der Waals surface area (Å²) in [5.41, 5.74) is 1.26. The molecule has 1 unspecified atom stereocenters. The molecule has 4 heteroatoms. The Morgan fingerprint density at radius 1 is 1.21 bits per heavy atom. The van der Waals surface area contributed by atoms with Gasteiger partial charge in [-0.3, -0.25) is 0 Å². The van der Waals surface area contributed by atoms with Crippen molar-refractivity contribution in [2.75, 3.05) is 32.8 Å². The Kier molecular flexibility index (Phi) is 4.20. The minimum atomic E-state index is 0.651. The zero-order valence-electron chi connectivity index (χ0n) is 11.3. The van der Waals surface area contributed by atoms with Crippen LogP contribution in [0.25, 0.3) is 0 Å². The van der Waals surface area contributed by atoms with Gasteiger partial charge in [0.1, 0.15) is 13.2 Å². The van der Waals surface area contributed by atoms with E-state index in [1.807, 2.05) is 6.07 Å². The summed E-state index contributed by atoms with van der Waals surface area (Å²) in [4.78, 5) is 0. The van der Waals surface area contributed by atoms with Crippen LogP contribution in [-0.2, 0) is 6.54 Å². The molecule has 2 heterocycles. The smallest absolute Gasteiger partial charge is 0.161 e. The van der Waals surface area contributed by atoms with Crippen LogP contribution in [0.5, 0.6) is 11.5 Å². The molecule has 104 valence electrons. The third-order valence-electron chi connectivity index (χ3n) is 3.83. The predicted octanol–water partition coefficient (Wildman–Crippen LogP) is 1.55. The quantitative estimate of drug-likeness (QED) is 0.790. The molecule has 2 aliphatic heterocycles. The zero-order chi connectivity index (χ0) is 12.9. The molecule has 1 saturated heterocycles. The maximum atomic E-state index is 5.59. The van der Waals surface area contributed by atoms with Gasteiger partial charge in [-0.25, -0.2) is 0 Å². The van der Waals surface area contributed by atoms with Crippen LogP contribution in [0.2, 0.25) is 0 Å². The van der Waals surface area contributed by atoms with Crippen LogP contribution in [0.1, 0.15) is 18.4 Å². The Morgan fingerprint density at radius 3 is 2.95 bits per heavy atom. The predicted molar refractivity (Wildman–Crippen MR) is 74.7 cm³/mol. The second kappa shape index (κ2) is 6.26.